The molecule has 98 valence electrons. The molecule has 4 heteroatoms. The number of hydrogen-bond acceptors (Lipinski definition) is 3. The predicted octanol–water partition coefficient (Wildman–Crippen LogP) is 3.16. The summed E-state index contributed by atoms with van der Waals surface area (Å²) in [5.41, 5.74) is 1.56. The van der Waals surface area contributed by atoms with E-state index < -0.39 is 0 Å². The van der Waals surface area contributed by atoms with E-state index in [-0.39, 0.29) is 23.6 Å². The van der Waals surface area contributed by atoms with Crippen LogP contribution in [0.3, 0.4) is 0 Å². The normalized spacial score (nSPS) is 11.9. The molecule has 0 unspecified atom stereocenters. The van der Waals surface area contributed by atoms with Crippen molar-refractivity contribution >= 4 is 23.4 Å². The predicted molar refractivity (Wildman–Crippen MR) is 71.2 cm³/mol. The van der Waals surface area contributed by atoms with Crippen LogP contribution in [0.2, 0.25) is 0 Å². The lowest BCUT2D eigenvalue weighted by Gasteiger charge is -2.14. The summed E-state index contributed by atoms with van der Waals surface area (Å²) < 4.78 is 4.63. The third-order valence-corrected chi connectivity index (χ3v) is 3.22. The summed E-state index contributed by atoms with van der Waals surface area (Å²) in [6.07, 6.45) is 1.30. The Balaban J connectivity index is 2.81. The van der Waals surface area contributed by atoms with Crippen LogP contribution in [0.1, 0.15) is 41.6 Å². The number of rotatable bonds is 6. The Morgan fingerprint density at radius 3 is 2.33 bits per heavy atom. The molecule has 0 saturated carbocycles. The van der Waals surface area contributed by atoms with Crippen LogP contribution in [0.15, 0.2) is 24.3 Å². The summed E-state index contributed by atoms with van der Waals surface area (Å²) in [6.45, 7) is 2.03. The van der Waals surface area contributed by atoms with E-state index in [1.165, 1.54) is 7.11 Å². The van der Waals surface area contributed by atoms with Gasteiger partial charge in [-0.2, -0.15) is 0 Å². The number of Topliss-reactive ketones (excluding diaryl/α,β-unsaturated/α-hetero) is 1. The van der Waals surface area contributed by atoms with Crippen LogP contribution >= 0.6 is 11.6 Å². The summed E-state index contributed by atoms with van der Waals surface area (Å²) in [7, 11) is 1.35. The van der Waals surface area contributed by atoms with Gasteiger partial charge in [0.25, 0.3) is 0 Å². The van der Waals surface area contributed by atoms with E-state index in [1.54, 1.807) is 12.1 Å². The van der Waals surface area contributed by atoms with Gasteiger partial charge in [0.2, 0.25) is 0 Å². The van der Waals surface area contributed by atoms with Crippen LogP contribution in [0.25, 0.3) is 0 Å². The molecule has 0 spiro atoms. The molecule has 0 aliphatic rings. The van der Waals surface area contributed by atoms with Gasteiger partial charge in [-0.25, -0.2) is 4.79 Å². The largest absolute Gasteiger partial charge is 0.465 e. The van der Waals surface area contributed by atoms with Gasteiger partial charge in [0.15, 0.2) is 0 Å². The molecule has 18 heavy (non-hydrogen) atoms. The number of carbonyl (C=O) groups is 2. The molecule has 0 radical (unpaired) electrons. The smallest absolute Gasteiger partial charge is 0.337 e. The fraction of sp³-hybridized carbons (Fsp3) is 0.429. The van der Waals surface area contributed by atoms with Crippen molar-refractivity contribution in [3.8, 4) is 0 Å². The summed E-state index contributed by atoms with van der Waals surface area (Å²) in [6, 6.07) is 7.16. The van der Waals surface area contributed by atoms with E-state index in [0.717, 1.165) is 12.0 Å². The Morgan fingerprint density at radius 2 is 1.89 bits per heavy atom. The second-order valence-corrected chi connectivity index (χ2v) is 4.36. The van der Waals surface area contributed by atoms with Gasteiger partial charge in [-0.3, -0.25) is 4.79 Å². The fourth-order valence-corrected chi connectivity index (χ4v) is 1.95. The molecule has 0 amide bonds. The number of alkyl halides is 1. The highest BCUT2D eigenvalue weighted by atomic mass is 35.5. The summed E-state index contributed by atoms with van der Waals surface area (Å²) in [5, 5.41) is 0. The van der Waals surface area contributed by atoms with Crippen LogP contribution in [-0.2, 0) is 9.53 Å². The van der Waals surface area contributed by atoms with Crippen LogP contribution < -0.4 is 0 Å². The van der Waals surface area contributed by atoms with Gasteiger partial charge in [0.05, 0.1) is 18.6 Å². The zero-order valence-electron chi connectivity index (χ0n) is 10.6. The lowest BCUT2D eigenvalue weighted by atomic mass is 9.91. The zero-order valence-corrected chi connectivity index (χ0v) is 11.4. The molecule has 0 heterocycles. The number of ketones is 1. The lowest BCUT2D eigenvalue weighted by Crippen LogP contribution is -2.08. The van der Waals surface area contributed by atoms with Gasteiger partial charge in [0, 0.05) is 6.42 Å². The molecule has 0 N–H and O–H groups in total. The van der Waals surface area contributed by atoms with Crippen molar-refractivity contribution in [3.05, 3.63) is 35.4 Å². The average molecular weight is 269 g/mol. The minimum Gasteiger partial charge on any atom is -0.465 e. The highest BCUT2D eigenvalue weighted by Crippen LogP contribution is 2.24. The van der Waals surface area contributed by atoms with Crippen LogP contribution in [0, 0.1) is 0 Å². The van der Waals surface area contributed by atoms with Crippen LogP contribution in [0.4, 0.5) is 0 Å². The second-order valence-electron chi connectivity index (χ2n) is 4.10. The van der Waals surface area contributed by atoms with Crippen molar-refractivity contribution in [2.45, 2.75) is 25.7 Å². The van der Waals surface area contributed by atoms with Gasteiger partial charge in [-0.15, -0.1) is 11.6 Å². The van der Waals surface area contributed by atoms with E-state index in [0.29, 0.717) is 12.0 Å². The van der Waals surface area contributed by atoms with E-state index in [1.807, 2.05) is 19.1 Å². The molecule has 0 aliphatic heterocycles. The Hall–Kier alpha value is -1.35. The van der Waals surface area contributed by atoms with Crippen molar-refractivity contribution in [1.29, 1.82) is 0 Å². The number of hydrogen-bond donors (Lipinski definition) is 0. The summed E-state index contributed by atoms with van der Waals surface area (Å²) in [4.78, 5) is 22.7. The van der Waals surface area contributed by atoms with Gasteiger partial charge < -0.3 is 4.74 Å². The van der Waals surface area contributed by atoms with Gasteiger partial charge in [-0.05, 0) is 30.0 Å². The number of benzene rings is 1. The first-order valence-electron chi connectivity index (χ1n) is 5.88. The van der Waals surface area contributed by atoms with Crippen molar-refractivity contribution in [1.82, 2.24) is 0 Å². The SMILES string of the molecule is CC[C@@H](CC(=O)CCl)c1ccc(C(=O)OC)cc1. The quantitative estimate of drug-likeness (QED) is 0.588. The standard InChI is InChI=1S/C14H17ClO3/c1-3-10(8-13(16)9-15)11-4-6-12(7-5-11)14(17)18-2/h4-7,10H,3,8-9H2,1-2H3/t10-/m0/s1. The molecule has 1 rings (SSSR count). The molecule has 3 nitrogen and oxygen atoms in total. The molecule has 0 saturated heterocycles. The highest BCUT2D eigenvalue weighted by Gasteiger charge is 2.14. The van der Waals surface area contributed by atoms with E-state index >= 15 is 0 Å². The zero-order chi connectivity index (χ0) is 13.5. The lowest BCUT2D eigenvalue weighted by molar-refractivity contribution is -0.117. The molecule has 0 aromatic heterocycles. The van der Waals surface area contributed by atoms with Gasteiger partial charge >= 0.3 is 5.97 Å². The topological polar surface area (TPSA) is 43.4 Å². The number of ether oxygens (including phenoxy) is 1. The molecule has 0 aliphatic carbocycles. The number of esters is 1. The molecule has 1 atom stereocenters. The van der Waals surface area contributed by atoms with Gasteiger partial charge in [-0.1, -0.05) is 19.1 Å². The van der Waals surface area contributed by atoms with Crippen molar-refractivity contribution < 1.29 is 14.3 Å². The van der Waals surface area contributed by atoms with Crippen LogP contribution in [0.5, 0.6) is 0 Å². The Labute approximate surface area is 112 Å². The number of carbonyl (C=O) groups excluding carboxylic acids is 2. The Bertz CT molecular complexity index is 412. The van der Waals surface area contributed by atoms with Crippen LogP contribution in [-0.4, -0.2) is 24.7 Å². The van der Waals surface area contributed by atoms with E-state index in [4.69, 9.17) is 11.6 Å². The minimum atomic E-state index is -0.355. The Kier molecular flexibility index (Phi) is 5.86. The summed E-state index contributed by atoms with van der Waals surface area (Å²) >= 11 is 5.52. The summed E-state index contributed by atoms with van der Waals surface area (Å²) in [5.74, 6) is -0.105. The number of halogens is 1. The maximum absolute atomic E-state index is 11.4. The molecule has 1 aromatic carbocycles. The van der Waals surface area contributed by atoms with E-state index in [2.05, 4.69) is 4.74 Å². The second kappa shape index (κ2) is 7.17. The molecule has 0 fully saturated rings. The molecule has 0 bridgehead atoms. The maximum atomic E-state index is 11.4. The third kappa shape index (κ3) is 3.84. The van der Waals surface area contributed by atoms with E-state index in [9.17, 15) is 9.59 Å². The molecule has 1 aromatic rings. The van der Waals surface area contributed by atoms with Crippen molar-refractivity contribution in [2.75, 3.05) is 13.0 Å². The highest BCUT2D eigenvalue weighted by molar-refractivity contribution is 6.27. The molecular formula is C14H17ClO3. The Morgan fingerprint density at radius 1 is 1.28 bits per heavy atom. The third-order valence-electron chi connectivity index (χ3n) is 2.92. The minimum absolute atomic E-state index is 0.0422. The van der Waals surface area contributed by atoms with Crippen molar-refractivity contribution in [3.63, 3.8) is 0 Å². The first-order chi connectivity index (χ1) is 8.62. The first-order valence-corrected chi connectivity index (χ1v) is 6.41. The first kappa shape index (κ1) is 14.7. The number of methoxy groups -OCH3 is 1. The fourth-order valence-electron chi connectivity index (χ4n) is 1.84. The maximum Gasteiger partial charge on any atom is 0.337 e. The average Bonchev–Trinajstić information content (AvgIpc) is 2.43. The molecular weight excluding hydrogens is 252 g/mol. The van der Waals surface area contributed by atoms with Crippen molar-refractivity contribution in [2.24, 2.45) is 0 Å². The monoisotopic (exact) mass is 268 g/mol. The van der Waals surface area contributed by atoms with Gasteiger partial charge in [0.1, 0.15) is 5.78 Å².